The van der Waals surface area contributed by atoms with E-state index in [4.69, 9.17) is 5.73 Å². The molecule has 0 saturated heterocycles. The van der Waals surface area contributed by atoms with Crippen LogP contribution in [0.3, 0.4) is 0 Å². The molecule has 104 valence electrons. The molecule has 0 radical (unpaired) electrons. The molecule has 5 nitrogen and oxygen atoms in total. The first-order chi connectivity index (χ1) is 8.21. The summed E-state index contributed by atoms with van der Waals surface area (Å²) in [6.45, 7) is 7.61. The number of nitrogens with two attached hydrogens (primary N) is 1. The molecule has 0 bridgehead atoms. The lowest BCUT2D eigenvalue weighted by atomic mass is 9.95. The van der Waals surface area contributed by atoms with Crippen molar-refractivity contribution >= 4 is 11.8 Å². The van der Waals surface area contributed by atoms with Crippen LogP contribution in [0.5, 0.6) is 0 Å². The first kappa shape index (κ1) is 15.0. The average Bonchev–Trinajstić information content (AvgIpc) is 3.07. The van der Waals surface area contributed by atoms with Crippen molar-refractivity contribution in [2.75, 3.05) is 6.54 Å². The lowest BCUT2D eigenvalue weighted by Crippen LogP contribution is -2.50. The van der Waals surface area contributed by atoms with Crippen molar-refractivity contribution < 1.29 is 9.59 Å². The van der Waals surface area contributed by atoms with Gasteiger partial charge >= 0.3 is 0 Å². The molecule has 0 aromatic carbocycles. The maximum atomic E-state index is 11.8. The van der Waals surface area contributed by atoms with Crippen LogP contribution in [-0.4, -0.2) is 30.4 Å². The summed E-state index contributed by atoms with van der Waals surface area (Å²) in [5, 5.41) is 5.48. The topological polar surface area (TPSA) is 84.2 Å². The molecule has 1 rings (SSSR count). The highest BCUT2D eigenvalue weighted by atomic mass is 16.2. The number of hydrogen-bond acceptors (Lipinski definition) is 3. The van der Waals surface area contributed by atoms with E-state index in [0.29, 0.717) is 12.5 Å². The van der Waals surface area contributed by atoms with E-state index < -0.39 is 11.5 Å². The standard InChI is InChI=1S/C13H25N3O2/c1-8(16-12(18)13(2,3)4)11(17)15-7-10(14)9-5-6-9/h8-10H,5-7,14H2,1-4H3,(H,15,17)(H,16,18). The molecular weight excluding hydrogens is 230 g/mol. The van der Waals surface area contributed by atoms with Crippen LogP contribution in [0.15, 0.2) is 0 Å². The fourth-order valence-corrected chi connectivity index (χ4v) is 1.54. The second-order valence-electron chi connectivity index (χ2n) is 6.19. The van der Waals surface area contributed by atoms with Gasteiger partial charge in [0.25, 0.3) is 0 Å². The number of carbonyl (C=O) groups excluding carboxylic acids is 2. The third kappa shape index (κ3) is 4.64. The largest absolute Gasteiger partial charge is 0.353 e. The predicted octanol–water partition coefficient (Wildman–Crippen LogP) is 0.391. The Balaban J connectivity index is 2.30. The maximum Gasteiger partial charge on any atom is 0.242 e. The highest BCUT2D eigenvalue weighted by molar-refractivity contribution is 5.89. The van der Waals surface area contributed by atoms with E-state index in [2.05, 4.69) is 10.6 Å². The van der Waals surface area contributed by atoms with Gasteiger partial charge in [-0.3, -0.25) is 9.59 Å². The molecule has 2 unspecified atom stereocenters. The Bertz CT molecular complexity index is 319. The van der Waals surface area contributed by atoms with Crippen molar-refractivity contribution in [3.63, 3.8) is 0 Å². The first-order valence-electron chi connectivity index (χ1n) is 6.56. The average molecular weight is 255 g/mol. The van der Waals surface area contributed by atoms with E-state index in [9.17, 15) is 9.59 Å². The fraction of sp³-hybridized carbons (Fsp3) is 0.846. The molecule has 0 aliphatic heterocycles. The smallest absolute Gasteiger partial charge is 0.242 e. The van der Waals surface area contributed by atoms with Crippen LogP contribution in [-0.2, 0) is 9.59 Å². The lowest BCUT2D eigenvalue weighted by molar-refractivity contribution is -0.133. The monoisotopic (exact) mass is 255 g/mol. The van der Waals surface area contributed by atoms with Gasteiger partial charge in [-0.05, 0) is 25.7 Å². The minimum Gasteiger partial charge on any atom is -0.353 e. The minimum atomic E-state index is -0.525. The van der Waals surface area contributed by atoms with Gasteiger partial charge in [0.15, 0.2) is 0 Å². The van der Waals surface area contributed by atoms with Gasteiger partial charge in [-0.25, -0.2) is 0 Å². The summed E-state index contributed by atoms with van der Waals surface area (Å²) in [5.41, 5.74) is 5.41. The summed E-state index contributed by atoms with van der Waals surface area (Å²) in [6, 6.07) is -0.484. The molecule has 5 heteroatoms. The van der Waals surface area contributed by atoms with Crippen LogP contribution in [0.4, 0.5) is 0 Å². The summed E-state index contributed by atoms with van der Waals surface area (Å²) in [6.07, 6.45) is 2.32. The van der Waals surface area contributed by atoms with E-state index >= 15 is 0 Å². The van der Waals surface area contributed by atoms with E-state index in [1.54, 1.807) is 6.92 Å². The second-order valence-corrected chi connectivity index (χ2v) is 6.19. The lowest BCUT2D eigenvalue weighted by Gasteiger charge is -2.22. The molecule has 18 heavy (non-hydrogen) atoms. The summed E-state index contributed by atoms with van der Waals surface area (Å²) in [5.74, 6) is 0.255. The van der Waals surface area contributed by atoms with Crippen molar-refractivity contribution in [2.24, 2.45) is 17.1 Å². The summed E-state index contributed by atoms with van der Waals surface area (Å²) in [4.78, 5) is 23.5. The predicted molar refractivity (Wildman–Crippen MR) is 70.8 cm³/mol. The zero-order valence-corrected chi connectivity index (χ0v) is 11.7. The third-order valence-electron chi connectivity index (χ3n) is 3.16. The summed E-state index contributed by atoms with van der Waals surface area (Å²) >= 11 is 0. The highest BCUT2D eigenvalue weighted by Crippen LogP contribution is 2.31. The van der Waals surface area contributed by atoms with E-state index in [1.807, 2.05) is 20.8 Å². The molecule has 2 atom stereocenters. The van der Waals surface area contributed by atoms with Crippen LogP contribution in [0, 0.1) is 11.3 Å². The minimum absolute atomic E-state index is 0.0412. The van der Waals surface area contributed by atoms with Crippen molar-refractivity contribution in [3.05, 3.63) is 0 Å². The number of nitrogens with one attached hydrogen (secondary N) is 2. The van der Waals surface area contributed by atoms with Gasteiger partial charge in [-0.2, -0.15) is 0 Å². The van der Waals surface area contributed by atoms with Crippen LogP contribution in [0.25, 0.3) is 0 Å². The number of carbonyl (C=O) groups is 2. The van der Waals surface area contributed by atoms with Crippen molar-refractivity contribution in [1.29, 1.82) is 0 Å². The Morgan fingerprint density at radius 2 is 1.89 bits per heavy atom. The zero-order chi connectivity index (χ0) is 13.9. The molecule has 1 saturated carbocycles. The Morgan fingerprint density at radius 3 is 2.33 bits per heavy atom. The highest BCUT2D eigenvalue weighted by Gasteiger charge is 2.29. The maximum absolute atomic E-state index is 11.8. The first-order valence-corrected chi connectivity index (χ1v) is 6.56. The van der Waals surface area contributed by atoms with Crippen LogP contribution in [0.1, 0.15) is 40.5 Å². The molecule has 0 heterocycles. The Morgan fingerprint density at radius 1 is 1.33 bits per heavy atom. The van der Waals surface area contributed by atoms with E-state index in [1.165, 1.54) is 0 Å². The van der Waals surface area contributed by atoms with Gasteiger partial charge in [0.2, 0.25) is 11.8 Å². The molecule has 2 amide bonds. The number of hydrogen-bond donors (Lipinski definition) is 3. The van der Waals surface area contributed by atoms with E-state index in [-0.39, 0.29) is 17.9 Å². The van der Waals surface area contributed by atoms with Crippen LogP contribution < -0.4 is 16.4 Å². The van der Waals surface area contributed by atoms with Gasteiger partial charge in [-0.1, -0.05) is 20.8 Å². The SMILES string of the molecule is CC(NC(=O)C(C)(C)C)C(=O)NCC(N)C1CC1. The van der Waals surface area contributed by atoms with Crippen molar-refractivity contribution in [3.8, 4) is 0 Å². The molecule has 1 fully saturated rings. The third-order valence-corrected chi connectivity index (χ3v) is 3.16. The molecule has 1 aliphatic carbocycles. The van der Waals surface area contributed by atoms with Gasteiger partial charge in [-0.15, -0.1) is 0 Å². The molecule has 4 N–H and O–H groups in total. The van der Waals surface area contributed by atoms with Gasteiger partial charge in [0.1, 0.15) is 6.04 Å². The molecule has 0 aromatic rings. The Kier molecular flexibility index (Phi) is 4.73. The fourth-order valence-electron chi connectivity index (χ4n) is 1.54. The second kappa shape index (κ2) is 5.69. The number of rotatable bonds is 5. The Labute approximate surface area is 109 Å². The normalized spacial score (nSPS) is 18.9. The van der Waals surface area contributed by atoms with Gasteiger partial charge < -0.3 is 16.4 Å². The van der Waals surface area contributed by atoms with Gasteiger partial charge in [0, 0.05) is 18.0 Å². The zero-order valence-electron chi connectivity index (χ0n) is 11.7. The van der Waals surface area contributed by atoms with Crippen molar-refractivity contribution in [1.82, 2.24) is 10.6 Å². The van der Waals surface area contributed by atoms with Crippen LogP contribution in [0.2, 0.25) is 0 Å². The molecular formula is C13H25N3O2. The number of amides is 2. The quantitative estimate of drug-likeness (QED) is 0.664. The summed E-state index contributed by atoms with van der Waals surface area (Å²) < 4.78 is 0. The molecule has 0 aromatic heterocycles. The van der Waals surface area contributed by atoms with Gasteiger partial charge in [0.05, 0.1) is 0 Å². The Hall–Kier alpha value is -1.10. The van der Waals surface area contributed by atoms with E-state index in [0.717, 1.165) is 12.8 Å². The molecule has 0 spiro atoms. The van der Waals surface area contributed by atoms with Crippen LogP contribution >= 0.6 is 0 Å². The van der Waals surface area contributed by atoms with Crippen molar-refractivity contribution in [2.45, 2.75) is 52.6 Å². The molecule has 1 aliphatic rings. The summed E-state index contributed by atoms with van der Waals surface area (Å²) in [7, 11) is 0.